The molecule has 0 aliphatic heterocycles. The van der Waals surface area contributed by atoms with Crippen molar-refractivity contribution in [1.29, 1.82) is 0 Å². The van der Waals surface area contributed by atoms with E-state index in [1.165, 1.54) is 19.1 Å². The van der Waals surface area contributed by atoms with Crippen molar-refractivity contribution in [3.63, 3.8) is 0 Å². The molecular weight excluding hydrogens is 272 g/mol. The molecule has 1 aromatic rings. The van der Waals surface area contributed by atoms with Gasteiger partial charge in [-0.2, -0.15) is 0 Å². The van der Waals surface area contributed by atoms with Crippen LogP contribution >= 0.6 is 0 Å². The average molecular weight is 288 g/mol. The molecule has 1 aromatic carbocycles. The van der Waals surface area contributed by atoms with Gasteiger partial charge in [0.25, 0.3) is 5.69 Å². The summed E-state index contributed by atoms with van der Waals surface area (Å²) in [4.78, 5) is 9.81. The second kappa shape index (κ2) is 5.64. The smallest absolute Gasteiger partial charge is 0.289 e. The van der Waals surface area contributed by atoms with Crippen LogP contribution in [-0.2, 0) is 10.0 Å². The summed E-state index contributed by atoms with van der Waals surface area (Å²) in [7, 11) is -4.02. The number of sulfonamides is 1. The zero-order valence-corrected chi connectivity index (χ0v) is 11.7. The molecule has 0 saturated heterocycles. The van der Waals surface area contributed by atoms with Crippen molar-refractivity contribution in [1.82, 2.24) is 4.72 Å². The fourth-order valence-electron chi connectivity index (χ4n) is 1.44. The van der Waals surface area contributed by atoms with Crippen LogP contribution in [0.15, 0.2) is 17.0 Å². The Morgan fingerprint density at radius 1 is 1.37 bits per heavy atom. The van der Waals surface area contributed by atoms with E-state index in [4.69, 9.17) is 5.11 Å². The van der Waals surface area contributed by atoms with Crippen molar-refractivity contribution in [2.75, 3.05) is 6.54 Å². The van der Waals surface area contributed by atoms with Crippen LogP contribution in [0.4, 0.5) is 5.69 Å². The van der Waals surface area contributed by atoms with Gasteiger partial charge in [-0.1, -0.05) is 0 Å². The van der Waals surface area contributed by atoms with Crippen molar-refractivity contribution in [2.24, 2.45) is 0 Å². The fourth-order valence-corrected chi connectivity index (χ4v) is 2.80. The molecule has 0 aliphatic rings. The van der Waals surface area contributed by atoms with E-state index in [1.54, 1.807) is 13.8 Å². The Morgan fingerprint density at radius 3 is 2.37 bits per heavy atom. The van der Waals surface area contributed by atoms with Crippen LogP contribution in [0.3, 0.4) is 0 Å². The van der Waals surface area contributed by atoms with Crippen LogP contribution in [0.25, 0.3) is 0 Å². The predicted molar refractivity (Wildman–Crippen MR) is 69.4 cm³/mol. The van der Waals surface area contributed by atoms with E-state index in [1.807, 2.05) is 0 Å². The summed E-state index contributed by atoms with van der Waals surface area (Å²) in [6, 6.07) is 2.49. The highest BCUT2D eigenvalue weighted by molar-refractivity contribution is 7.89. The number of nitrogens with zero attached hydrogens (tertiary/aromatic N) is 1. The van der Waals surface area contributed by atoms with Gasteiger partial charge in [0.1, 0.15) is 0 Å². The summed E-state index contributed by atoms with van der Waals surface area (Å²) in [6.45, 7) is 4.55. The molecule has 0 aliphatic carbocycles. The third-order valence-electron chi connectivity index (χ3n) is 2.63. The molecule has 106 valence electrons. The maximum absolute atomic E-state index is 12.0. The highest BCUT2D eigenvalue weighted by Crippen LogP contribution is 2.27. The van der Waals surface area contributed by atoms with Gasteiger partial charge in [0.05, 0.1) is 11.0 Å². The highest BCUT2D eigenvalue weighted by atomic mass is 32.2. The van der Waals surface area contributed by atoms with Gasteiger partial charge < -0.3 is 5.11 Å². The minimum Gasteiger partial charge on any atom is -0.392 e. The number of aryl methyl sites for hydroxylation is 2. The summed E-state index contributed by atoms with van der Waals surface area (Å²) in [5.74, 6) is 0. The first-order chi connectivity index (χ1) is 8.65. The van der Waals surface area contributed by atoms with Crippen molar-refractivity contribution >= 4 is 15.7 Å². The third-order valence-corrected chi connectivity index (χ3v) is 4.08. The highest BCUT2D eigenvalue weighted by Gasteiger charge is 2.26. The number of hydrogen-bond acceptors (Lipinski definition) is 5. The van der Waals surface area contributed by atoms with E-state index >= 15 is 0 Å². The SMILES string of the molecule is Cc1cc([N+](=O)[O-])c(S(=O)(=O)NC[C@H](C)O)cc1C. The molecule has 0 amide bonds. The predicted octanol–water partition coefficient (Wildman–Crippen LogP) is 0.871. The minimum atomic E-state index is -4.02. The summed E-state index contributed by atoms with van der Waals surface area (Å²) in [5, 5.41) is 20.0. The van der Waals surface area contributed by atoms with Crippen molar-refractivity contribution < 1.29 is 18.4 Å². The number of aliphatic hydroxyl groups is 1. The molecular formula is C11H16N2O5S. The van der Waals surface area contributed by atoms with Gasteiger partial charge in [-0.05, 0) is 38.0 Å². The van der Waals surface area contributed by atoms with Crippen molar-refractivity contribution in [2.45, 2.75) is 31.8 Å². The molecule has 0 aromatic heterocycles. The van der Waals surface area contributed by atoms with Crippen LogP contribution in [0, 0.1) is 24.0 Å². The molecule has 0 fully saturated rings. The van der Waals surface area contributed by atoms with Gasteiger partial charge in [-0.3, -0.25) is 10.1 Å². The minimum absolute atomic E-state index is 0.202. The summed E-state index contributed by atoms with van der Waals surface area (Å²) >= 11 is 0. The van der Waals surface area contributed by atoms with Gasteiger partial charge >= 0.3 is 0 Å². The molecule has 19 heavy (non-hydrogen) atoms. The zero-order valence-electron chi connectivity index (χ0n) is 10.9. The fraction of sp³-hybridized carbons (Fsp3) is 0.455. The van der Waals surface area contributed by atoms with E-state index < -0.39 is 26.7 Å². The lowest BCUT2D eigenvalue weighted by Gasteiger charge is -2.10. The van der Waals surface area contributed by atoms with Crippen molar-refractivity contribution in [3.8, 4) is 0 Å². The van der Waals surface area contributed by atoms with E-state index in [2.05, 4.69) is 4.72 Å². The number of nitro benzene ring substituents is 1. The molecule has 0 heterocycles. The Bertz CT molecular complexity index is 595. The molecule has 0 radical (unpaired) electrons. The molecule has 1 atom stereocenters. The van der Waals surface area contributed by atoms with Crippen LogP contribution in [-0.4, -0.2) is 31.1 Å². The first-order valence-electron chi connectivity index (χ1n) is 5.58. The maximum Gasteiger partial charge on any atom is 0.289 e. The number of rotatable bonds is 5. The van der Waals surface area contributed by atoms with Gasteiger partial charge in [0.15, 0.2) is 4.90 Å². The second-order valence-corrected chi connectivity index (χ2v) is 6.10. The Labute approximate surface area is 111 Å². The quantitative estimate of drug-likeness (QED) is 0.617. The summed E-state index contributed by atoms with van der Waals surface area (Å²) in [5.41, 5.74) is 0.811. The van der Waals surface area contributed by atoms with Gasteiger partial charge in [0, 0.05) is 12.6 Å². The third kappa shape index (κ3) is 3.72. The van der Waals surface area contributed by atoms with E-state index in [0.29, 0.717) is 11.1 Å². The van der Waals surface area contributed by atoms with Crippen LogP contribution in [0.1, 0.15) is 18.1 Å². The monoisotopic (exact) mass is 288 g/mol. The Morgan fingerprint density at radius 2 is 1.89 bits per heavy atom. The number of hydrogen-bond donors (Lipinski definition) is 2. The first kappa shape index (κ1) is 15.5. The first-order valence-corrected chi connectivity index (χ1v) is 7.07. The maximum atomic E-state index is 12.0. The lowest BCUT2D eigenvalue weighted by atomic mass is 10.1. The molecule has 0 spiro atoms. The zero-order chi connectivity index (χ0) is 14.8. The molecule has 0 unspecified atom stereocenters. The molecule has 1 rings (SSSR count). The Balaban J connectivity index is 3.32. The molecule has 2 N–H and O–H groups in total. The van der Waals surface area contributed by atoms with Gasteiger partial charge in [-0.25, -0.2) is 13.1 Å². The van der Waals surface area contributed by atoms with E-state index in [0.717, 1.165) is 0 Å². The number of nitrogens with one attached hydrogen (secondary N) is 1. The Kier molecular flexibility index (Phi) is 4.61. The van der Waals surface area contributed by atoms with Crippen molar-refractivity contribution in [3.05, 3.63) is 33.4 Å². The molecule has 0 bridgehead atoms. The standard InChI is InChI=1S/C11H16N2O5S/c1-7-4-10(13(15)16)11(5-8(7)2)19(17,18)12-6-9(3)14/h4-5,9,12,14H,6H2,1-3H3/t9-/m0/s1. The van der Waals surface area contributed by atoms with Crippen LogP contribution in [0.5, 0.6) is 0 Å². The normalized spacial score (nSPS) is 13.3. The number of aliphatic hydroxyl groups excluding tert-OH is 1. The van der Waals surface area contributed by atoms with E-state index in [9.17, 15) is 18.5 Å². The number of benzene rings is 1. The molecule has 0 saturated carbocycles. The topological polar surface area (TPSA) is 110 Å². The van der Waals surface area contributed by atoms with Gasteiger partial charge in [0.2, 0.25) is 10.0 Å². The number of nitro groups is 1. The largest absolute Gasteiger partial charge is 0.392 e. The van der Waals surface area contributed by atoms with Crippen LogP contribution in [0.2, 0.25) is 0 Å². The van der Waals surface area contributed by atoms with Gasteiger partial charge in [-0.15, -0.1) is 0 Å². The Hall–Kier alpha value is -1.51. The van der Waals surface area contributed by atoms with Crippen LogP contribution < -0.4 is 4.72 Å². The molecule has 8 heteroatoms. The lowest BCUT2D eigenvalue weighted by molar-refractivity contribution is -0.387. The lowest BCUT2D eigenvalue weighted by Crippen LogP contribution is -2.31. The summed E-state index contributed by atoms with van der Waals surface area (Å²) < 4.78 is 26.1. The molecule has 7 nitrogen and oxygen atoms in total. The average Bonchev–Trinajstić information content (AvgIpc) is 2.29. The van der Waals surface area contributed by atoms with E-state index in [-0.39, 0.29) is 11.4 Å². The second-order valence-electron chi connectivity index (χ2n) is 4.36. The summed E-state index contributed by atoms with van der Waals surface area (Å²) in [6.07, 6.45) is -0.875.